The van der Waals surface area contributed by atoms with Crippen LogP contribution in [-0.2, 0) is 20.0 Å². The van der Waals surface area contributed by atoms with Crippen LogP contribution in [0.4, 0.5) is 5.69 Å². The second-order valence-electron chi connectivity index (χ2n) is 5.75. The van der Waals surface area contributed by atoms with Crippen LogP contribution < -0.4 is 5.32 Å². The van der Waals surface area contributed by atoms with E-state index < -0.39 is 0 Å². The van der Waals surface area contributed by atoms with E-state index in [9.17, 15) is 0 Å². The summed E-state index contributed by atoms with van der Waals surface area (Å²) >= 11 is 0. The van der Waals surface area contributed by atoms with Gasteiger partial charge in [0.05, 0.1) is 29.8 Å². The lowest BCUT2D eigenvalue weighted by Gasteiger charge is -2.15. The monoisotopic (exact) mass is 275 g/mol. The fourth-order valence-corrected chi connectivity index (χ4v) is 2.39. The number of anilines is 1. The summed E-state index contributed by atoms with van der Waals surface area (Å²) in [4.78, 5) is 0. The quantitative estimate of drug-likeness (QED) is 0.881. The first-order valence-electron chi connectivity index (χ1n) is 7.31. The van der Waals surface area contributed by atoms with Crippen molar-refractivity contribution in [3.63, 3.8) is 0 Å². The zero-order chi connectivity index (χ0) is 14.7. The SMILES string of the molecule is CCc1c(N[C@H](C)c2cnn(C)c2)cnn1CC(C)C. The Labute approximate surface area is 121 Å². The summed E-state index contributed by atoms with van der Waals surface area (Å²) in [5.74, 6) is 0.601. The van der Waals surface area contributed by atoms with E-state index in [1.165, 1.54) is 11.3 Å². The summed E-state index contributed by atoms with van der Waals surface area (Å²) in [6.45, 7) is 9.72. The molecule has 5 nitrogen and oxygen atoms in total. The molecule has 110 valence electrons. The molecule has 2 aromatic heterocycles. The van der Waals surface area contributed by atoms with E-state index >= 15 is 0 Å². The van der Waals surface area contributed by atoms with Gasteiger partial charge >= 0.3 is 0 Å². The molecular formula is C15H25N5. The zero-order valence-electron chi connectivity index (χ0n) is 13.1. The first-order valence-corrected chi connectivity index (χ1v) is 7.31. The lowest BCUT2D eigenvalue weighted by Crippen LogP contribution is -2.11. The molecule has 0 bridgehead atoms. The van der Waals surface area contributed by atoms with Crippen molar-refractivity contribution in [2.45, 2.75) is 46.7 Å². The number of nitrogens with zero attached hydrogens (tertiary/aromatic N) is 4. The maximum Gasteiger partial charge on any atom is 0.0763 e. The molecule has 1 N–H and O–H groups in total. The third-order valence-electron chi connectivity index (χ3n) is 3.42. The van der Waals surface area contributed by atoms with Crippen LogP contribution in [0.25, 0.3) is 0 Å². The lowest BCUT2D eigenvalue weighted by molar-refractivity contribution is 0.470. The highest BCUT2D eigenvalue weighted by Crippen LogP contribution is 2.23. The summed E-state index contributed by atoms with van der Waals surface area (Å²) in [6.07, 6.45) is 6.87. The number of rotatable bonds is 6. The topological polar surface area (TPSA) is 47.7 Å². The van der Waals surface area contributed by atoms with Gasteiger partial charge in [-0.2, -0.15) is 10.2 Å². The summed E-state index contributed by atoms with van der Waals surface area (Å²) < 4.78 is 3.94. The van der Waals surface area contributed by atoms with Gasteiger partial charge in [0.15, 0.2) is 0 Å². The van der Waals surface area contributed by atoms with Crippen molar-refractivity contribution in [3.8, 4) is 0 Å². The van der Waals surface area contributed by atoms with Crippen molar-refractivity contribution in [2.24, 2.45) is 13.0 Å². The molecule has 5 heteroatoms. The zero-order valence-corrected chi connectivity index (χ0v) is 13.1. The Kier molecular flexibility index (Phi) is 4.47. The Morgan fingerprint density at radius 2 is 1.95 bits per heavy atom. The van der Waals surface area contributed by atoms with Gasteiger partial charge in [-0.05, 0) is 19.3 Å². The predicted molar refractivity (Wildman–Crippen MR) is 81.7 cm³/mol. The fraction of sp³-hybridized carbons (Fsp3) is 0.600. The average Bonchev–Trinajstić information content (AvgIpc) is 2.96. The Hall–Kier alpha value is -1.78. The molecule has 0 saturated carbocycles. The van der Waals surface area contributed by atoms with Gasteiger partial charge in [-0.15, -0.1) is 0 Å². The van der Waals surface area contributed by atoms with Crippen LogP contribution >= 0.6 is 0 Å². The van der Waals surface area contributed by atoms with Gasteiger partial charge in [0.25, 0.3) is 0 Å². The maximum atomic E-state index is 4.51. The largest absolute Gasteiger partial charge is 0.376 e. The molecule has 2 aromatic rings. The number of hydrogen-bond donors (Lipinski definition) is 1. The molecule has 0 unspecified atom stereocenters. The van der Waals surface area contributed by atoms with Crippen LogP contribution in [0.1, 0.15) is 45.0 Å². The summed E-state index contributed by atoms with van der Waals surface area (Å²) in [7, 11) is 1.94. The maximum absolute atomic E-state index is 4.51. The van der Waals surface area contributed by atoms with E-state index in [-0.39, 0.29) is 6.04 Å². The van der Waals surface area contributed by atoms with Crippen LogP contribution in [0.15, 0.2) is 18.6 Å². The van der Waals surface area contributed by atoms with Crippen molar-refractivity contribution >= 4 is 5.69 Å². The van der Waals surface area contributed by atoms with Crippen LogP contribution in [0.5, 0.6) is 0 Å². The molecule has 0 aliphatic heterocycles. The summed E-state index contributed by atoms with van der Waals surface area (Å²) in [5.41, 5.74) is 3.59. The number of hydrogen-bond acceptors (Lipinski definition) is 3. The number of aromatic nitrogens is 4. The molecule has 2 rings (SSSR count). The number of nitrogens with one attached hydrogen (secondary N) is 1. The van der Waals surface area contributed by atoms with Crippen molar-refractivity contribution in [1.82, 2.24) is 19.6 Å². The first kappa shape index (κ1) is 14.6. The van der Waals surface area contributed by atoms with Crippen LogP contribution in [0.2, 0.25) is 0 Å². The van der Waals surface area contributed by atoms with Crippen molar-refractivity contribution in [3.05, 3.63) is 29.8 Å². The van der Waals surface area contributed by atoms with E-state index in [1.54, 1.807) is 0 Å². The molecule has 0 amide bonds. The molecular weight excluding hydrogens is 250 g/mol. The van der Waals surface area contributed by atoms with Gasteiger partial charge in [0, 0.05) is 25.4 Å². The van der Waals surface area contributed by atoms with Gasteiger partial charge in [0.1, 0.15) is 0 Å². The van der Waals surface area contributed by atoms with Crippen LogP contribution in [-0.4, -0.2) is 19.6 Å². The smallest absolute Gasteiger partial charge is 0.0763 e. The molecule has 0 spiro atoms. The van der Waals surface area contributed by atoms with E-state index in [1.807, 2.05) is 30.3 Å². The molecule has 0 aliphatic carbocycles. The highest BCUT2D eigenvalue weighted by molar-refractivity contribution is 5.48. The Morgan fingerprint density at radius 1 is 1.20 bits per heavy atom. The molecule has 20 heavy (non-hydrogen) atoms. The second-order valence-corrected chi connectivity index (χ2v) is 5.75. The summed E-state index contributed by atoms with van der Waals surface area (Å²) in [5, 5.41) is 12.3. The minimum atomic E-state index is 0.228. The minimum absolute atomic E-state index is 0.228. The first-order chi connectivity index (χ1) is 9.51. The number of aryl methyl sites for hydroxylation is 1. The van der Waals surface area contributed by atoms with Crippen LogP contribution in [0, 0.1) is 5.92 Å². The molecule has 0 aromatic carbocycles. The average molecular weight is 275 g/mol. The van der Waals surface area contributed by atoms with Crippen molar-refractivity contribution < 1.29 is 0 Å². The highest BCUT2D eigenvalue weighted by Gasteiger charge is 2.14. The molecule has 0 fully saturated rings. The fourth-order valence-electron chi connectivity index (χ4n) is 2.39. The van der Waals surface area contributed by atoms with E-state index in [4.69, 9.17) is 0 Å². The van der Waals surface area contributed by atoms with Gasteiger partial charge in [-0.1, -0.05) is 20.8 Å². The molecule has 2 heterocycles. The second kappa shape index (κ2) is 6.11. The molecule has 0 aliphatic rings. The lowest BCUT2D eigenvalue weighted by atomic mass is 10.1. The molecule has 0 saturated heterocycles. The summed E-state index contributed by atoms with van der Waals surface area (Å²) in [6, 6.07) is 0.228. The van der Waals surface area contributed by atoms with Crippen molar-refractivity contribution in [1.29, 1.82) is 0 Å². The Balaban J connectivity index is 2.14. The molecule has 0 radical (unpaired) electrons. The van der Waals surface area contributed by atoms with E-state index in [2.05, 4.69) is 47.9 Å². The highest BCUT2D eigenvalue weighted by atomic mass is 15.3. The van der Waals surface area contributed by atoms with E-state index in [0.29, 0.717) is 5.92 Å². The molecule has 1 atom stereocenters. The third kappa shape index (κ3) is 3.21. The van der Waals surface area contributed by atoms with E-state index in [0.717, 1.165) is 18.7 Å². The van der Waals surface area contributed by atoms with Crippen molar-refractivity contribution in [2.75, 3.05) is 5.32 Å². The third-order valence-corrected chi connectivity index (χ3v) is 3.42. The normalized spacial score (nSPS) is 12.9. The Bertz CT molecular complexity index is 552. The van der Waals surface area contributed by atoms with Gasteiger partial charge in [-0.3, -0.25) is 9.36 Å². The Morgan fingerprint density at radius 3 is 2.50 bits per heavy atom. The standard InChI is InChI=1S/C15H25N5/c1-6-15-14(8-17-20(15)9-11(2)3)18-12(4)13-7-16-19(5)10-13/h7-8,10-12,18H,6,9H2,1-5H3/t12-/m1/s1. The van der Waals surface area contributed by atoms with Crippen LogP contribution in [0.3, 0.4) is 0 Å². The van der Waals surface area contributed by atoms with Gasteiger partial charge < -0.3 is 5.32 Å². The predicted octanol–water partition coefficient (Wildman–Crippen LogP) is 3.01. The minimum Gasteiger partial charge on any atom is -0.376 e. The van der Waals surface area contributed by atoms with Gasteiger partial charge in [0.2, 0.25) is 0 Å². The van der Waals surface area contributed by atoms with Gasteiger partial charge in [-0.25, -0.2) is 0 Å².